The van der Waals surface area contributed by atoms with Gasteiger partial charge in [0.15, 0.2) is 0 Å². The molecule has 17 heavy (non-hydrogen) atoms. The summed E-state index contributed by atoms with van der Waals surface area (Å²) in [5.41, 5.74) is -0.374. The van der Waals surface area contributed by atoms with Gasteiger partial charge in [-0.3, -0.25) is 5.32 Å². The van der Waals surface area contributed by atoms with Crippen LogP contribution in [0.3, 0.4) is 0 Å². The molecule has 0 saturated carbocycles. The lowest BCUT2D eigenvalue weighted by Gasteiger charge is -2.38. The minimum absolute atomic E-state index is 0.374. The van der Waals surface area contributed by atoms with Crippen LogP contribution in [-0.4, -0.2) is 61.2 Å². The van der Waals surface area contributed by atoms with Crippen molar-refractivity contribution in [3.63, 3.8) is 0 Å². The maximum Gasteiger partial charge on any atom is 0.105 e. The first-order valence-electron chi connectivity index (χ1n) is 6.59. The number of rotatable bonds is 5. The zero-order chi connectivity index (χ0) is 12.9. The van der Waals surface area contributed by atoms with E-state index >= 15 is 0 Å². The minimum atomic E-state index is -0.374. The van der Waals surface area contributed by atoms with Crippen LogP contribution in [0.4, 0.5) is 0 Å². The molecule has 0 aromatic carbocycles. The molecule has 2 unspecified atom stereocenters. The SMILES string of the molecule is CCNC(C)(C#N)CCN1CCN(C)C(C)C1. The third-order valence-electron chi connectivity index (χ3n) is 3.79. The third kappa shape index (κ3) is 4.27. The molecule has 4 heteroatoms. The highest BCUT2D eigenvalue weighted by molar-refractivity contribution is 5.03. The van der Waals surface area contributed by atoms with Crippen LogP contribution in [0.1, 0.15) is 27.2 Å². The largest absolute Gasteiger partial charge is 0.301 e. The molecule has 0 spiro atoms. The van der Waals surface area contributed by atoms with Crippen LogP contribution < -0.4 is 5.32 Å². The van der Waals surface area contributed by atoms with Gasteiger partial charge in [-0.05, 0) is 33.9 Å². The van der Waals surface area contributed by atoms with Crippen molar-refractivity contribution in [3.05, 3.63) is 0 Å². The van der Waals surface area contributed by atoms with Gasteiger partial charge >= 0.3 is 0 Å². The van der Waals surface area contributed by atoms with Crippen LogP contribution in [0.5, 0.6) is 0 Å². The Bertz CT molecular complexity index is 273. The highest BCUT2D eigenvalue weighted by atomic mass is 15.3. The van der Waals surface area contributed by atoms with E-state index in [-0.39, 0.29) is 5.54 Å². The Morgan fingerprint density at radius 2 is 2.18 bits per heavy atom. The van der Waals surface area contributed by atoms with E-state index in [1.54, 1.807) is 0 Å². The van der Waals surface area contributed by atoms with Crippen LogP contribution in [0.15, 0.2) is 0 Å². The highest BCUT2D eigenvalue weighted by Crippen LogP contribution is 2.12. The molecule has 0 bridgehead atoms. The maximum absolute atomic E-state index is 9.20. The van der Waals surface area contributed by atoms with Gasteiger partial charge in [0.25, 0.3) is 0 Å². The number of nitriles is 1. The predicted molar refractivity (Wildman–Crippen MR) is 70.8 cm³/mol. The van der Waals surface area contributed by atoms with Gasteiger partial charge in [-0.2, -0.15) is 5.26 Å². The topological polar surface area (TPSA) is 42.3 Å². The van der Waals surface area contributed by atoms with E-state index in [1.165, 1.54) is 0 Å². The molecule has 0 aliphatic carbocycles. The van der Waals surface area contributed by atoms with Gasteiger partial charge in [0.1, 0.15) is 5.54 Å². The van der Waals surface area contributed by atoms with Gasteiger partial charge in [0, 0.05) is 32.2 Å². The molecule has 98 valence electrons. The van der Waals surface area contributed by atoms with Crippen LogP contribution in [0.25, 0.3) is 0 Å². The average molecular weight is 238 g/mol. The Balaban J connectivity index is 2.38. The number of nitrogens with zero attached hydrogens (tertiary/aromatic N) is 3. The normalized spacial score (nSPS) is 26.4. The number of hydrogen-bond donors (Lipinski definition) is 1. The lowest BCUT2D eigenvalue weighted by Crippen LogP contribution is -2.52. The van der Waals surface area contributed by atoms with E-state index in [0.717, 1.165) is 39.1 Å². The Kier molecular flexibility index (Phi) is 5.38. The second-order valence-electron chi connectivity index (χ2n) is 5.35. The van der Waals surface area contributed by atoms with Gasteiger partial charge in [-0.1, -0.05) is 6.92 Å². The molecule has 1 N–H and O–H groups in total. The van der Waals surface area contributed by atoms with Crippen molar-refractivity contribution in [2.24, 2.45) is 0 Å². The summed E-state index contributed by atoms with van der Waals surface area (Å²) in [6, 6.07) is 3.01. The summed E-state index contributed by atoms with van der Waals surface area (Å²) in [6.07, 6.45) is 0.897. The quantitative estimate of drug-likeness (QED) is 0.773. The highest BCUT2D eigenvalue weighted by Gasteiger charge is 2.25. The predicted octanol–water partition coefficient (Wildman–Crippen LogP) is 0.904. The molecule has 1 heterocycles. The molecular weight excluding hydrogens is 212 g/mol. The fourth-order valence-electron chi connectivity index (χ4n) is 2.28. The Morgan fingerprint density at radius 3 is 2.71 bits per heavy atom. The van der Waals surface area contributed by atoms with Gasteiger partial charge in [0.2, 0.25) is 0 Å². The zero-order valence-corrected chi connectivity index (χ0v) is 11.7. The minimum Gasteiger partial charge on any atom is -0.301 e. The molecular formula is C13H26N4. The first kappa shape index (κ1) is 14.4. The number of nitrogens with one attached hydrogen (secondary N) is 1. The first-order chi connectivity index (χ1) is 8.00. The number of hydrogen-bond acceptors (Lipinski definition) is 4. The molecule has 4 nitrogen and oxygen atoms in total. The number of piperazine rings is 1. The van der Waals surface area contributed by atoms with Crippen LogP contribution in [0.2, 0.25) is 0 Å². The van der Waals surface area contributed by atoms with Crippen molar-refractivity contribution in [2.75, 3.05) is 39.8 Å². The Labute approximate surface area is 106 Å². The second kappa shape index (κ2) is 6.34. The van der Waals surface area contributed by atoms with Crippen LogP contribution >= 0.6 is 0 Å². The van der Waals surface area contributed by atoms with Crippen molar-refractivity contribution >= 4 is 0 Å². The molecule has 1 aliphatic rings. The fourth-order valence-corrected chi connectivity index (χ4v) is 2.28. The zero-order valence-electron chi connectivity index (χ0n) is 11.7. The van der Waals surface area contributed by atoms with E-state index in [9.17, 15) is 5.26 Å². The Morgan fingerprint density at radius 1 is 1.47 bits per heavy atom. The molecule has 0 amide bonds. The summed E-state index contributed by atoms with van der Waals surface area (Å²) in [5.74, 6) is 0. The Hall–Kier alpha value is -0.630. The molecule has 1 fully saturated rings. The molecule has 1 saturated heterocycles. The van der Waals surface area contributed by atoms with Crippen molar-refractivity contribution in [1.82, 2.24) is 15.1 Å². The molecule has 0 radical (unpaired) electrons. The monoisotopic (exact) mass is 238 g/mol. The fraction of sp³-hybridized carbons (Fsp3) is 0.923. The number of likely N-dealkylation sites (N-methyl/N-ethyl adjacent to an activating group) is 1. The summed E-state index contributed by atoms with van der Waals surface area (Å²) in [6.45, 7) is 11.5. The van der Waals surface area contributed by atoms with E-state index in [1.807, 2.05) is 13.8 Å². The second-order valence-corrected chi connectivity index (χ2v) is 5.35. The summed E-state index contributed by atoms with van der Waals surface area (Å²) in [5, 5.41) is 12.5. The molecule has 2 atom stereocenters. The summed E-state index contributed by atoms with van der Waals surface area (Å²) < 4.78 is 0. The summed E-state index contributed by atoms with van der Waals surface area (Å²) in [4.78, 5) is 4.86. The summed E-state index contributed by atoms with van der Waals surface area (Å²) in [7, 11) is 2.18. The molecule has 1 rings (SSSR count). The first-order valence-corrected chi connectivity index (χ1v) is 6.59. The average Bonchev–Trinajstić information content (AvgIpc) is 2.31. The standard InChI is InChI=1S/C13H26N4/c1-5-15-13(3,11-14)6-7-17-9-8-16(4)12(2)10-17/h12,15H,5-10H2,1-4H3. The third-order valence-corrected chi connectivity index (χ3v) is 3.79. The van der Waals surface area contributed by atoms with Crippen molar-refractivity contribution < 1.29 is 0 Å². The summed E-state index contributed by atoms with van der Waals surface area (Å²) >= 11 is 0. The van der Waals surface area contributed by atoms with Crippen molar-refractivity contribution in [3.8, 4) is 6.07 Å². The van der Waals surface area contributed by atoms with E-state index in [0.29, 0.717) is 6.04 Å². The van der Waals surface area contributed by atoms with Gasteiger partial charge in [-0.25, -0.2) is 0 Å². The van der Waals surface area contributed by atoms with E-state index in [4.69, 9.17) is 0 Å². The van der Waals surface area contributed by atoms with E-state index < -0.39 is 0 Å². The molecule has 0 aromatic rings. The van der Waals surface area contributed by atoms with E-state index in [2.05, 4.69) is 35.2 Å². The van der Waals surface area contributed by atoms with Crippen LogP contribution in [0, 0.1) is 11.3 Å². The van der Waals surface area contributed by atoms with Gasteiger partial charge < -0.3 is 9.80 Å². The lowest BCUT2D eigenvalue weighted by atomic mass is 9.99. The molecule has 0 aromatic heterocycles. The van der Waals surface area contributed by atoms with Gasteiger partial charge in [0.05, 0.1) is 6.07 Å². The maximum atomic E-state index is 9.20. The van der Waals surface area contributed by atoms with Crippen molar-refractivity contribution in [1.29, 1.82) is 5.26 Å². The molecule has 1 aliphatic heterocycles. The van der Waals surface area contributed by atoms with Crippen LogP contribution in [-0.2, 0) is 0 Å². The lowest BCUT2D eigenvalue weighted by molar-refractivity contribution is 0.0997. The smallest absolute Gasteiger partial charge is 0.105 e. The van der Waals surface area contributed by atoms with Gasteiger partial charge in [-0.15, -0.1) is 0 Å². The van der Waals surface area contributed by atoms with Crippen molar-refractivity contribution in [2.45, 2.75) is 38.8 Å².